The zero-order valence-electron chi connectivity index (χ0n) is 19.5. The topological polar surface area (TPSA) is 85.4 Å². The molecule has 0 bridgehead atoms. The van der Waals surface area contributed by atoms with E-state index in [2.05, 4.69) is 25.3 Å². The monoisotopic (exact) mass is 478 g/mol. The van der Waals surface area contributed by atoms with Gasteiger partial charge in [0.05, 0.1) is 35.5 Å². The number of hydrogen-bond acceptors (Lipinski definition) is 7. The van der Waals surface area contributed by atoms with E-state index in [4.69, 9.17) is 9.84 Å². The van der Waals surface area contributed by atoms with Crippen molar-refractivity contribution in [2.75, 3.05) is 39.6 Å². The van der Waals surface area contributed by atoms with Gasteiger partial charge in [-0.3, -0.25) is 4.98 Å². The second-order valence-corrected chi connectivity index (χ2v) is 8.26. The summed E-state index contributed by atoms with van der Waals surface area (Å²) in [5.41, 5.74) is 3.01. The summed E-state index contributed by atoms with van der Waals surface area (Å²) in [6.45, 7) is 1.44. The molecule has 180 valence electrons. The lowest BCUT2D eigenvalue weighted by Gasteiger charge is -2.12. The largest absolute Gasteiger partial charge is 0.494 e. The minimum Gasteiger partial charge on any atom is -0.494 e. The van der Waals surface area contributed by atoms with E-state index in [0.717, 1.165) is 17.5 Å². The van der Waals surface area contributed by atoms with Crippen molar-refractivity contribution < 1.29 is 13.5 Å². The molecule has 5 aromatic rings. The van der Waals surface area contributed by atoms with Crippen molar-refractivity contribution in [2.24, 2.45) is 0 Å². The molecule has 0 spiro atoms. The van der Waals surface area contributed by atoms with Gasteiger partial charge in [0.15, 0.2) is 11.5 Å². The van der Waals surface area contributed by atoms with Gasteiger partial charge in [-0.15, -0.1) is 5.10 Å². The highest BCUT2D eigenvalue weighted by molar-refractivity contribution is 5.94. The molecule has 0 aliphatic rings. The first kappa shape index (κ1) is 22.7. The minimum absolute atomic E-state index is 0.118. The highest BCUT2D eigenvalue weighted by atomic mass is 19.3. The number of fused-ring (bicyclic) bond motifs is 2. The number of ether oxygens (including phenoxy) is 1. The van der Waals surface area contributed by atoms with Crippen molar-refractivity contribution in [3.05, 3.63) is 60.7 Å². The van der Waals surface area contributed by atoms with Gasteiger partial charge in [0.1, 0.15) is 11.4 Å². The molecule has 0 saturated carbocycles. The van der Waals surface area contributed by atoms with E-state index < -0.39 is 6.43 Å². The maximum absolute atomic E-state index is 13.5. The van der Waals surface area contributed by atoms with Gasteiger partial charge < -0.3 is 15.0 Å². The maximum Gasteiger partial charge on any atom is 0.263 e. The standard InChI is InChI=1S/C24H24F2N8O/c1-32(2)10-8-27-23-17-13-29-18(16-14-30-33-9-4-7-28-24(16)33)12-19(17)34(31-23)20-11-15(22(25)26)5-6-21(20)35-3/h4-7,9,11-14,22H,8,10H2,1-3H3,(H,27,31). The van der Waals surface area contributed by atoms with Gasteiger partial charge in [-0.1, -0.05) is 0 Å². The van der Waals surface area contributed by atoms with Gasteiger partial charge in [-0.05, 0) is 44.4 Å². The summed E-state index contributed by atoms with van der Waals surface area (Å²) in [6.07, 6.45) is 4.30. The average molecular weight is 479 g/mol. The van der Waals surface area contributed by atoms with Crippen LogP contribution < -0.4 is 10.1 Å². The van der Waals surface area contributed by atoms with Crippen LogP contribution in [0.3, 0.4) is 0 Å². The van der Waals surface area contributed by atoms with Crippen LogP contribution in [0.5, 0.6) is 5.75 Å². The fourth-order valence-electron chi connectivity index (χ4n) is 3.89. The first-order valence-corrected chi connectivity index (χ1v) is 11.0. The van der Waals surface area contributed by atoms with E-state index in [1.165, 1.54) is 25.3 Å². The van der Waals surface area contributed by atoms with Gasteiger partial charge >= 0.3 is 0 Å². The number of halogens is 2. The van der Waals surface area contributed by atoms with E-state index in [9.17, 15) is 8.78 Å². The number of nitrogens with one attached hydrogen (secondary N) is 1. The molecule has 35 heavy (non-hydrogen) atoms. The molecule has 4 aromatic heterocycles. The summed E-state index contributed by atoms with van der Waals surface area (Å²) >= 11 is 0. The quantitative estimate of drug-likeness (QED) is 0.360. The summed E-state index contributed by atoms with van der Waals surface area (Å²) in [4.78, 5) is 11.1. The molecule has 1 N–H and O–H groups in total. The molecular weight excluding hydrogens is 454 g/mol. The van der Waals surface area contributed by atoms with Crippen LogP contribution in [0.1, 0.15) is 12.0 Å². The highest BCUT2D eigenvalue weighted by Crippen LogP contribution is 2.34. The lowest BCUT2D eigenvalue weighted by molar-refractivity contribution is 0.151. The summed E-state index contributed by atoms with van der Waals surface area (Å²) in [6, 6.07) is 7.94. The Morgan fingerprint density at radius 1 is 1.14 bits per heavy atom. The van der Waals surface area contributed by atoms with Crippen molar-refractivity contribution >= 4 is 22.4 Å². The molecule has 0 aliphatic carbocycles. The second kappa shape index (κ2) is 9.26. The van der Waals surface area contributed by atoms with Crippen LogP contribution in [0.25, 0.3) is 33.5 Å². The number of anilines is 1. The molecule has 0 radical (unpaired) electrons. The van der Waals surface area contributed by atoms with Crippen molar-refractivity contribution in [3.63, 3.8) is 0 Å². The number of nitrogens with zero attached hydrogens (tertiary/aromatic N) is 7. The summed E-state index contributed by atoms with van der Waals surface area (Å²) in [7, 11) is 5.47. The lowest BCUT2D eigenvalue weighted by Crippen LogP contribution is -2.21. The molecule has 4 heterocycles. The number of pyridine rings is 1. The van der Waals surface area contributed by atoms with Gasteiger partial charge in [0, 0.05) is 37.2 Å². The van der Waals surface area contributed by atoms with Crippen LogP contribution in [0.4, 0.5) is 14.6 Å². The third kappa shape index (κ3) is 4.26. The molecule has 11 heteroatoms. The Bertz CT molecular complexity index is 1490. The fraction of sp³-hybridized carbons (Fsp3) is 0.250. The number of rotatable bonds is 8. The normalized spacial score (nSPS) is 11.7. The highest BCUT2D eigenvalue weighted by Gasteiger charge is 2.20. The van der Waals surface area contributed by atoms with E-state index in [1.54, 1.807) is 33.9 Å². The first-order chi connectivity index (χ1) is 17.0. The summed E-state index contributed by atoms with van der Waals surface area (Å²) in [5.74, 6) is 1.03. The Kier molecular flexibility index (Phi) is 6.00. The molecule has 5 rings (SSSR count). The average Bonchev–Trinajstić information content (AvgIpc) is 3.45. The van der Waals surface area contributed by atoms with Crippen LogP contribution in [0.15, 0.2) is 55.1 Å². The van der Waals surface area contributed by atoms with E-state index in [0.29, 0.717) is 40.7 Å². The molecule has 0 amide bonds. The Balaban J connectivity index is 1.70. The van der Waals surface area contributed by atoms with Gasteiger partial charge in [-0.25, -0.2) is 23.0 Å². The second-order valence-electron chi connectivity index (χ2n) is 8.26. The number of aromatic nitrogens is 6. The number of methoxy groups -OCH3 is 1. The fourth-order valence-corrected chi connectivity index (χ4v) is 3.89. The van der Waals surface area contributed by atoms with Crippen LogP contribution in [0.2, 0.25) is 0 Å². The van der Waals surface area contributed by atoms with Crippen molar-refractivity contribution in [1.82, 2.24) is 34.3 Å². The Morgan fingerprint density at radius 2 is 2.00 bits per heavy atom. The van der Waals surface area contributed by atoms with E-state index >= 15 is 0 Å². The molecule has 1 aromatic carbocycles. The zero-order chi connectivity index (χ0) is 24.5. The third-order valence-corrected chi connectivity index (χ3v) is 5.66. The van der Waals surface area contributed by atoms with Crippen LogP contribution >= 0.6 is 0 Å². The van der Waals surface area contributed by atoms with E-state index in [1.807, 2.05) is 26.4 Å². The van der Waals surface area contributed by atoms with Crippen molar-refractivity contribution in [2.45, 2.75) is 6.43 Å². The molecule has 9 nitrogen and oxygen atoms in total. The van der Waals surface area contributed by atoms with Crippen LogP contribution in [-0.2, 0) is 0 Å². The first-order valence-electron chi connectivity index (χ1n) is 11.0. The molecular formula is C24H24F2N8O. The van der Waals surface area contributed by atoms with Crippen molar-refractivity contribution in [1.29, 1.82) is 0 Å². The number of hydrogen-bond donors (Lipinski definition) is 1. The number of benzene rings is 1. The summed E-state index contributed by atoms with van der Waals surface area (Å²) < 4.78 is 35.9. The molecule has 0 saturated heterocycles. The molecule has 0 aliphatic heterocycles. The predicted molar refractivity (Wildman–Crippen MR) is 129 cm³/mol. The molecule has 0 atom stereocenters. The minimum atomic E-state index is -2.62. The lowest BCUT2D eigenvalue weighted by atomic mass is 10.1. The Labute approximate surface area is 200 Å². The van der Waals surface area contributed by atoms with Crippen LogP contribution in [-0.4, -0.2) is 68.6 Å². The summed E-state index contributed by atoms with van der Waals surface area (Å²) in [5, 5.41) is 13.2. The maximum atomic E-state index is 13.5. The molecule has 0 fully saturated rings. The Hall–Kier alpha value is -4.12. The smallest absolute Gasteiger partial charge is 0.263 e. The van der Waals surface area contributed by atoms with Gasteiger partial charge in [0.25, 0.3) is 6.43 Å². The van der Waals surface area contributed by atoms with Gasteiger partial charge in [-0.2, -0.15) is 5.10 Å². The Morgan fingerprint density at radius 3 is 2.77 bits per heavy atom. The van der Waals surface area contributed by atoms with Crippen molar-refractivity contribution in [3.8, 4) is 22.7 Å². The molecule has 0 unspecified atom stereocenters. The third-order valence-electron chi connectivity index (χ3n) is 5.66. The number of likely N-dealkylation sites (N-methyl/N-ethyl adjacent to an activating group) is 1. The number of alkyl halides is 2. The SMILES string of the molecule is COc1ccc(C(F)F)cc1-n1nc(NCCN(C)C)c2cnc(-c3cnn4cccnc34)cc21. The zero-order valence-corrected chi connectivity index (χ0v) is 19.5. The predicted octanol–water partition coefficient (Wildman–Crippen LogP) is 4.05. The van der Waals surface area contributed by atoms with Gasteiger partial charge in [0.2, 0.25) is 0 Å². The van der Waals surface area contributed by atoms with Crippen LogP contribution in [0, 0.1) is 0 Å². The van der Waals surface area contributed by atoms with E-state index in [-0.39, 0.29) is 5.56 Å².